The molecule has 0 saturated carbocycles. The highest BCUT2D eigenvalue weighted by molar-refractivity contribution is 5.90. The quantitative estimate of drug-likeness (QED) is 0.579. The van der Waals surface area contributed by atoms with Crippen LogP contribution in [0.1, 0.15) is 20.3 Å². The Hall–Kier alpha value is -3.36. The first-order valence-corrected chi connectivity index (χ1v) is 9.02. The van der Waals surface area contributed by atoms with E-state index in [4.69, 9.17) is 10.1 Å². The molecule has 1 atom stereocenters. The van der Waals surface area contributed by atoms with Gasteiger partial charge in [-0.3, -0.25) is 19.8 Å². The Morgan fingerprint density at radius 1 is 1.39 bits per heavy atom. The molecule has 146 valence electrons. The minimum Gasteiger partial charge on any atom is -0.450 e. The summed E-state index contributed by atoms with van der Waals surface area (Å²) in [7, 11) is 1.85. The van der Waals surface area contributed by atoms with Gasteiger partial charge in [0.2, 0.25) is 0 Å². The molecule has 3 aromatic heterocycles. The molecule has 9 nitrogen and oxygen atoms in total. The van der Waals surface area contributed by atoms with Crippen LogP contribution in [0.5, 0.6) is 6.01 Å². The zero-order valence-corrected chi connectivity index (χ0v) is 16.1. The molecule has 0 radical (unpaired) electrons. The SMILES string of the molecule is CC(C)CCN=CC(C=N)Oc1nc2c(-c3cn(C)cn3)nccc2c(=O)[nH]1. The summed E-state index contributed by atoms with van der Waals surface area (Å²) in [5.41, 5.74) is 1.14. The lowest BCUT2D eigenvalue weighted by Crippen LogP contribution is -2.23. The van der Waals surface area contributed by atoms with Crippen molar-refractivity contribution >= 4 is 23.3 Å². The number of imidazole rings is 1. The van der Waals surface area contributed by atoms with Gasteiger partial charge in [-0.1, -0.05) is 13.8 Å². The van der Waals surface area contributed by atoms with E-state index in [1.165, 1.54) is 0 Å². The Labute approximate surface area is 162 Å². The molecule has 3 heterocycles. The molecule has 0 amide bonds. The maximum atomic E-state index is 12.5. The number of hydrogen-bond donors (Lipinski definition) is 2. The first-order valence-electron chi connectivity index (χ1n) is 9.02. The fourth-order valence-electron chi connectivity index (χ4n) is 2.57. The lowest BCUT2D eigenvalue weighted by molar-refractivity contribution is 0.309. The molecule has 0 fully saturated rings. The van der Waals surface area contributed by atoms with E-state index in [0.29, 0.717) is 34.8 Å². The van der Waals surface area contributed by atoms with Crippen molar-refractivity contribution in [1.82, 2.24) is 24.5 Å². The number of aromatic nitrogens is 5. The van der Waals surface area contributed by atoms with Gasteiger partial charge in [0.05, 0.1) is 11.7 Å². The zero-order chi connectivity index (χ0) is 20.1. The largest absolute Gasteiger partial charge is 0.450 e. The van der Waals surface area contributed by atoms with E-state index in [1.807, 2.05) is 7.05 Å². The van der Waals surface area contributed by atoms with Crippen LogP contribution in [0.3, 0.4) is 0 Å². The number of ether oxygens (including phenoxy) is 1. The van der Waals surface area contributed by atoms with Crippen molar-refractivity contribution in [3.8, 4) is 17.4 Å². The Bertz CT molecular complexity index is 1050. The second kappa shape index (κ2) is 8.55. The first-order chi connectivity index (χ1) is 13.5. The van der Waals surface area contributed by atoms with Crippen molar-refractivity contribution in [2.24, 2.45) is 18.0 Å². The van der Waals surface area contributed by atoms with Crippen LogP contribution >= 0.6 is 0 Å². The zero-order valence-electron chi connectivity index (χ0n) is 16.1. The number of aryl methyl sites for hydroxylation is 1. The summed E-state index contributed by atoms with van der Waals surface area (Å²) in [6, 6.07) is 1.60. The highest BCUT2D eigenvalue weighted by Gasteiger charge is 2.15. The van der Waals surface area contributed by atoms with Crippen molar-refractivity contribution in [2.45, 2.75) is 26.4 Å². The molecule has 0 spiro atoms. The average molecular weight is 381 g/mol. The molecule has 2 N–H and O–H groups in total. The molecule has 3 aromatic rings. The van der Waals surface area contributed by atoms with Gasteiger partial charge >= 0.3 is 0 Å². The smallest absolute Gasteiger partial charge is 0.298 e. The lowest BCUT2D eigenvalue weighted by Gasteiger charge is -2.10. The summed E-state index contributed by atoms with van der Waals surface area (Å²) in [6.07, 6.45) is 7.88. The highest BCUT2D eigenvalue weighted by Crippen LogP contribution is 2.22. The minimum absolute atomic E-state index is 0.00601. The predicted molar refractivity (Wildman–Crippen MR) is 108 cm³/mol. The van der Waals surface area contributed by atoms with E-state index in [1.54, 1.807) is 35.6 Å². The number of hydrogen-bond acceptors (Lipinski definition) is 7. The maximum absolute atomic E-state index is 12.5. The normalized spacial score (nSPS) is 12.7. The molecule has 0 aliphatic rings. The van der Waals surface area contributed by atoms with E-state index in [0.717, 1.165) is 12.6 Å². The third-order valence-corrected chi connectivity index (χ3v) is 4.05. The van der Waals surface area contributed by atoms with Gasteiger partial charge in [0.25, 0.3) is 11.6 Å². The Kier molecular flexibility index (Phi) is 5.93. The van der Waals surface area contributed by atoms with Gasteiger partial charge < -0.3 is 14.7 Å². The fraction of sp³-hybridized carbons (Fsp3) is 0.368. The van der Waals surface area contributed by atoms with E-state index in [2.05, 4.69) is 38.8 Å². The summed E-state index contributed by atoms with van der Waals surface area (Å²) in [5, 5.41) is 7.93. The molecule has 0 aromatic carbocycles. The summed E-state index contributed by atoms with van der Waals surface area (Å²) < 4.78 is 7.43. The third-order valence-electron chi connectivity index (χ3n) is 4.05. The molecule has 0 aliphatic carbocycles. The first kappa shape index (κ1) is 19.4. The molecular formula is C19H23N7O2. The van der Waals surface area contributed by atoms with Crippen LogP contribution in [-0.4, -0.2) is 49.6 Å². The number of nitrogens with one attached hydrogen (secondary N) is 2. The molecule has 9 heteroatoms. The van der Waals surface area contributed by atoms with Gasteiger partial charge in [-0.2, -0.15) is 4.98 Å². The van der Waals surface area contributed by atoms with Gasteiger partial charge in [-0.15, -0.1) is 0 Å². The number of pyridine rings is 1. The van der Waals surface area contributed by atoms with E-state index < -0.39 is 6.10 Å². The minimum atomic E-state index is -0.720. The Balaban J connectivity index is 1.92. The number of aromatic amines is 1. The monoisotopic (exact) mass is 381 g/mol. The van der Waals surface area contributed by atoms with E-state index in [-0.39, 0.29) is 11.6 Å². The van der Waals surface area contributed by atoms with Crippen LogP contribution < -0.4 is 10.3 Å². The second-order valence-corrected chi connectivity index (χ2v) is 6.84. The van der Waals surface area contributed by atoms with Crippen LogP contribution in [-0.2, 0) is 7.05 Å². The molecule has 0 bridgehead atoms. The molecule has 0 saturated heterocycles. The molecule has 0 aliphatic heterocycles. The van der Waals surface area contributed by atoms with Crippen molar-refractivity contribution in [1.29, 1.82) is 5.41 Å². The Morgan fingerprint density at radius 3 is 2.89 bits per heavy atom. The number of H-pyrrole nitrogens is 1. The van der Waals surface area contributed by atoms with Crippen LogP contribution in [0, 0.1) is 11.3 Å². The number of rotatable bonds is 8. The number of fused-ring (bicyclic) bond motifs is 1. The topological polar surface area (TPSA) is 122 Å². The summed E-state index contributed by atoms with van der Waals surface area (Å²) in [6.45, 7) is 4.90. The highest BCUT2D eigenvalue weighted by atomic mass is 16.5. The molecule has 28 heavy (non-hydrogen) atoms. The summed E-state index contributed by atoms with van der Waals surface area (Å²) in [5.74, 6) is 0.549. The van der Waals surface area contributed by atoms with Crippen LogP contribution in [0.4, 0.5) is 0 Å². The lowest BCUT2D eigenvalue weighted by atomic mass is 10.1. The van der Waals surface area contributed by atoms with Crippen molar-refractivity contribution in [2.75, 3.05) is 6.54 Å². The van der Waals surface area contributed by atoms with Gasteiger partial charge in [-0.05, 0) is 18.4 Å². The van der Waals surface area contributed by atoms with Gasteiger partial charge in [0.15, 0.2) is 6.10 Å². The second-order valence-electron chi connectivity index (χ2n) is 6.84. The van der Waals surface area contributed by atoms with Crippen LogP contribution in [0.2, 0.25) is 0 Å². The van der Waals surface area contributed by atoms with Crippen molar-refractivity contribution in [3.05, 3.63) is 35.1 Å². The summed E-state index contributed by atoms with van der Waals surface area (Å²) >= 11 is 0. The molecule has 1 unspecified atom stereocenters. The van der Waals surface area contributed by atoms with Gasteiger partial charge in [0.1, 0.15) is 16.9 Å². The standard InChI is InChI=1S/C19H23N7O2/c1-12(2)4-6-21-9-13(8-20)28-19-24-16-14(18(27)25-19)5-7-22-17(16)15-10-26(3)11-23-15/h5,7-13,20H,4,6H2,1-3H3,(H,24,25,27). The number of nitrogens with zero attached hydrogens (tertiary/aromatic N) is 5. The average Bonchev–Trinajstić information content (AvgIpc) is 3.09. The van der Waals surface area contributed by atoms with Crippen molar-refractivity contribution < 1.29 is 4.74 Å². The molecule has 3 rings (SSSR count). The van der Waals surface area contributed by atoms with E-state index >= 15 is 0 Å². The Morgan fingerprint density at radius 2 is 2.21 bits per heavy atom. The fourth-order valence-corrected chi connectivity index (χ4v) is 2.57. The number of aliphatic imine (C=N–C) groups is 1. The van der Waals surface area contributed by atoms with Crippen molar-refractivity contribution in [3.63, 3.8) is 0 Å². The van der Waals surface area contributed by atoms with Crippen LogP contribution in [0.15, 0.2) is 34.6 Å². The summed E-state index contributed by atoms with van der Waals surface area (Å²) in [4.78, 5) is 32.4. The molecular weight excluding hydrogens is 358 g/mol. The maximum Gasteiger partial charge on any atom is 0.298 e. The van der Waals surface area contributed by atoms with E-state index in [9.17, 15) is 4.79 Å². The van der Waals surface area contributed by atoms with Gasteiger partial charge in [-0.25, -0.2) is 4.98 Å². The van der Waals surface area contributed by atoms with Crippen LogP contribution in [0.25, 0.3) is 22.3 Å². The third kappa shape index (κ3) is 4.48. The predicted octanol–water partition coefficient (Wildman–Crippen LogP) is 2.23. The van der Waals surface area contributed by atoms with Gasteiger partial charge in [0, 0.05) is 38.4 Å².